The van der Waals surface area contributed by atoms with Crippen molar-refractivity contribution in [2.24, 2.45) is 0 Å². The molecule has 2 aromatic heterocycles. The predicted molar refractivity (Wildman–Crippen MR) is 45.1 cm³/mol. The highest BCUT2D eigenvalue weighted by molar-refractivity contribution is 9.08. The number of halogens is 1. The summed E-state index contributed by atoms with van der Waals surface area (Å²) in [6, 6.07) is 0. The van der Waals surface area contributed by atoms with Crippen molar-refractivity contribution < 1.29 is 4.52 Å². The molecule has 0 unspecified atom stereocenters. The van der Waals surface area contributed by atoms with E-state index in [1.54, 1.807) is 0 Å². The van der Waals surface area contributed by atoms with Crippen LogP contribution in [0.15, 0.2) is 15.5 Å². The lowest BCUT2D eigenvalue weighted by Crippen LogP contribution is -2.06. The number of aromatic amines is 1. The number of fused-ring (bicyclic) bond motifs is 1. The van der Waals surface area contributed by atoms with Crippen LogP contribution in [0.5, 0.6) is 0 Å². The Morgan fingerprint density at radius 2 is 2.50 bits per heavy atom. The van der Waals surface area contributed by atoms with Crippen LogP contribution in [0.1, 0.15) is 5.76 Å². The summed E-state index contributed by atoms with van der Waals surface area (Å²) in [7, 11) is 0. The van der Waals surface area contributed by atoms with E-state index in [1.807, 2.05) is 0 Å². The minimum absolute atomic E-state index is 0.291. The molecule has 2 heterocycles. The summed E-state index contributed by atoms with van der Waals surface area (Å²) in [4.78, 5) is 11.1. The lowest BCUT2D eigenvalue weighted by Gasteiger charge is -1.84. The fourth-order valence-electron chi connectivity index (χ4n) is 0.933. The molecule has 0 aliphatic rings. The molecular weight excluding hydrogens is 226 g/mol. The highest BCUT2D eigenvalue weighted by Gasteiger charge is 2.09. The second-order valence-electron chi connectivity index (χ2n) is 2.20. The molecular formula is C6H4BrN3O2. The van der Waals surface area contributed by atoms with Crippen molar-refractivity contribution in [1.29, 1.82) is 0 Å². The van der Waals surface area contributed by atoms with Gasteiger partial charge in [0.15, 0.2) is 11.3 Å². The molecule has 5 nitrogen and oxygen atoms in total. The summed E-state index contributed by atoms with van der Waals surface area (Å²) in [5, 5.41) is 10.7. The first-order valence-electron chi connectivity index (χ1n) is 3.21. The molecule has 2 aromatic rings. The zero-order chi connectivity index (χ0) is 8.55. The van der Waals surface area contributed by atoms with Crippen molar-refractivity contribution in [3.63, 3.8) is 0 Å². The van der Waals surface area contributed by atoms with Crippen molar-refractivity contribution in [1.82, 2.24) is 15.4 Å². The third-order valence-electron chi connectivity index (χ3n) is 1.50. The zero-order valence-corrected chi connectivity index (χ0v) is 7.46. The number of nitrogens with zero attached hydrogens (tertiary/aromatic N) is 2. The van der Waals surface area contributed by atoms with Gasteiger partial charge in [0.25, 0.3) is 5.56 Å². The molecule has 0 aliphatic carbocycles. The van der Waals surface area contributed by atoms with Crippen LogP contribution in [0.4, 0.5) is 0 Å². The first-order valence-corrected chi connectivity index (χ1v) is 4.33. The normalized spacial score (nSPS) is 10.8. The van der Waals surface area contributed by atoms with Gasteiger partial charge >= 0.3 is 0 Å². The summed E-state index contributed by atoms with van der Waals surface area (Å²) in [5.41, 5.74) is -0.0390. The smallest absolute Gasteiger partial charge is 0.294 e. The number of nitrogens with one attached hydrogen (secondary N) is 1. The van der Waals surface area contributed by atoms with Gasteiger partial charge in [0.2, 0.25) is 0 Å². The van der Waals surface area contributed by atoms with Gasteiger partial charge in [0.05, 0.1) is 16.9 Å². The maximum Gasteiger partial charge on any atom is 0.294 e. The minimum atomic E-state index is -0.330. The van der Waals surface area contributed by atoms with E-state index in [0.717, 1.165) is 0 Å². The highest BCUT2D eigenvalue weighted by atomic mass is 79.9. The molecule has 0 saturated carbocycles. The van der Waals surface area contributed by atoms with E-state index in [2.05, 4.69) is 31.3 Å². The molecule has 2 rings (SSSR count). The Kier molecular flexibility index (Phi) is 1.69. The lowest BCUT2D eigenvalue weighted by atomic mass is 10.3. The van der Waals surface area contributed by atoms with Crippen LogP contribution in [0.2, 0.25) is 0 Å². The van der Waals surface area contributed by atoms with Crippen molar-refractivity contribution in [3.8, 4) is 0 Å². The maximum absolute atomic E-state index is 11.1. The quantitative estimate of drug-likeness (QED) is 0.735. The molecule has 0 atom stereocenters. The third-order valence-corrected chi connectivity index (χ3v) is 2.01. The van der Waals surface area contributed by atoms with Crippen LogP contribution in [-0.2, 0) is 5.33 Å². The van der Waals surface area contributed by atoms with Crippen LogP contribution in [0.3, 0.4) is 0 Å². The predicted octanol–water partition coefficient (Wildman–Crippen LogP) is 0.806. The SMILES string of the molecule is O=c1[nH]ncc2c(CBr)onc12. The second-order valence-corrected chi connectivity index (χ2v) is 2.76. The van der Waals surface area contributed by atoms with E-state index in [4.69, 9.17) is 4.52 Å². The molecule has 0 radical (unpaired) electrons. The third kappa shape index (κ3) is 0.953. The van der Waals surface area contributed by atoms with Gasteiger partial charge in [-0.25, -0.2) is 5.10 Å². The van der Waals surface area contributed by atoms with Crippen molar-refractivity contribution in [2.75, 3.05) is 0 Å². The van der Waals surface area contributed by atoms with Crippen LogP contribution >= 0.6 is 15.9 Å². The summed E-state index contributed by atoms with van der Waals surface area (Å²) >= 11 is 3.21. The number of alkyl halides is 1. The number of rotatable bonds is 1. The molecule has 12 heavy (non-hydrogen) atoms. The minimum Gasteiger partial charge on any atom is -0.359 e. The molecule has 6 heteroatoms. The molecule has 0 amide bonds. The Labute approximate surface area is 74.9 Å². The fraction of sp³-hybridized carbons (Fsp3) is 0.167. The van der Waals surface area contributed by atoms with Crippen LogP contribution in [-0.4, -0.2) is 15.4 Å². The summed E-state index contributed by atoms with van der Waals surface area (Å²) in [6.07, 6.45) is 1.52. The summed E-state index contributed by atoms with van der Waals surface area (Å²) in [6.45, 7) is 0. The molecule has 62 valence electrons. The average Bonchev–Trinajstić information content (AvgIpc) is 2.49. The van der Waals surface area contributed by atoms with Gasteiger partial charge in [-0.1, -0.05) is 21.1 Å². The Hall–Kier alpha value is -1.17. The van der Waals surface area contributed by atoms with Crippen LogP contribution < -0.4 is 5.56 Å². The standard InChI is InChI=1S/C6H4BrN3O2/c7-1-4-3-2-8-9-6(11)5(3)10-12-4/h2H,1H2,(H,9,11). The van der Waals surface area contributed by atoms with Crippen LogP contribution in [0.25, 0.3) is 10.9 Å². The second kappa shape index (κ2) is 2.71. The molecule has 0 fully saturated rings. The molecule has 0 bridgehead atoms. The van der Waals surface area contributed by atoms with Gasteiger partial charge in [-0.3, -0.25) is 4.79 Å². The van der Waals surface area contributed by atoms with E-state index in [-0.39, 0.29) is 5.56 Å². The molecule has 0 saturated heterocycles. The van der Waals surface area contributed by atoms with Gasteiger partial charge in [0, 0.05) is 0 Å². The number of hydrogen-bond donors (Lipinski definition) is 1. The monoisotopic (exact) mass is 229 g/mol. The molecule has 0 aliphatic heterocycles. The van der Waals surface area contributed by atoms with Gasteiger partial charge in [-0.15, -0.1) is 0 Å². The Morgan fingerprint density at radius 1 is 1.67 bits per heavy atom. The van der Waals surface area contributed by atoms with Crippen molar-refractivity contribution >= 4 is 26.8 Å². The van der Waals surface area contributed by atoms with E-state index >= 15 is 0 Å². The Bertz CT molecular complexity index is 461. The van der Waals surface area contributed by atoms with E-state index in [1.165, 1.54) is 6.20 Å². The number of aromatic nitrogens is 3. The van der Waals surface area contributed by atoms with Gasteiger partial charge in [0.1, 0.15) is 0 Å². The zero-order valence-electron chi connectivity index (χ0n) is 5.87. The number of H-pyrrole nitrogens is 1. The van der Waals surface area contributed by atoms with E-state index in [0.29, 0.717) is 22.0 Å². The van der Waals surface area contributed by atoms with E-state index < -0.39 is 0 Å². The van der Waals surface area contributed by atoms with E-state index in [9.17, 15) is 4.79 Å². The first kappa shape index (κ1) is 7.48. The number of hydrogen-bond acceptors (Lipinski definition) is 4. The van der Waals surface area contributed by atoms with Gasteiger partial charge in [-0.05, 0) is 0 Å². The molecule has 1 N–H and O–H groups in total. The summed E-state index contributed by atoms with van der Waals surface area (Å²) in [5.74, 6) is 0.614. The Morgan fingerprint density at radius 3 is 3.25 bits per heavy atom. The van der Waals surface area contributed by atoms with Gasteiger partial charge < -0.3 is 4.52 Å². The van der Waals surface area contributed by atoms with Crippen LogP contribution in [0, 0.1) is 0 Å². The van der Waals surface area contributed by atoms with Crippen molar-refractivity contribution in [2.45, 2.75) is 5.33 Å². The summed E-state index contributed by atoms with van der Waals surface area (Å²) < 4.78 is 4.89. The average molecular weight is 230 g/mol. The lowest BCUT2D eigenvalue weighted by molar-refractivity contribution is 0.403. The fourth-order valence-corrected chi connectivity index (χ4v) is 1.34. The molecule has 0 aromatic carbocycles. The highest BCUT2D eigenvalue weighted by Crippen LogP contribution is 2.15. The Balaban J connectivity index is 2.89. The van der Waals surface area contributed by atoms with Gasteiger partial charge in [-0.2, -0.15) is 5.10 Å². The van der Waals surface area contributed by atoms with Crippen molar-refractivity contribution in [3.05, 3.63) is 22.3 Å². The topological polar surface area (TPSA) is 71.8 Å². The maximum atomic E-state index is 11.1. The molecule has 0 spiro atoms. The largest absolute Gasteiger partial charge is 0.359 e. The first-order chi connectivity index (χ1) is 5.83.